The average Bonchev–Trinajstić information content (AvgIpc) is 2.59. The van der Waals surface area contributed by atoms with Gasteiger partial charge >= 0.3 is 6.92 Å². The maximum Gasteiger partial charge on any atom is 0.327 e. The molecule has 2 rings (SSSR count). The molecule has 0 saturated carbocycles. The molecular weight excluding hydrogens is 219 g/mol. The number of rotatable bonds is 4. The fourth-order valence-electron chi connectivity index (χ4n) is 2.96. The second-order valence-corrected chi connectivity index (χ2v) is 6.44. The molecule has 1 aromatic rings. The Labute approximate surface area is 112 Å². The zero-order valence-corrected chi connectivity index (χ0v) is 12.2. The molecule has 0 bridgehead atoms. The van der Waals surface area contributed by atoms with Gasteiger partial charge < -0.3 is 4.65 Å². The van der Waals surface area contributed by atoms with Gasteiger partial charge in [-0.25, -0.2) is 0 Å². The first-order chi connectivity index (χ1) is 8.48. The van der Waals surface area contributed by atoms with E-state index < -0.39 is 0 Å². The van der Waals surface area contributed by atoms with Gasteiger partial charge in [0, 0.05) is 0 Å². The van der Waals surface area contributed by atoms with E-state index in [2.05, 4.69) is 58.0 Å². The third-order valence-corrected chi connectivity index (χ3v) is 4.71. The summed E-state index contributed by atoms with van der Waals surface area (Å²) < 4.78 is 6.45. The normalized spacial score (nSPS) is 26.6. The molecule has 0 N–H and O–H groups in total. The smallest absolute Gasteiger partial charge is 0.327 e. The van der Waals surface area contributed by atoms with Crippen molar-refractivity contribution in [3.8, 4) is 0 Å². The van der Waals surface area contributed by atoms with Crippen LogP contribution in [0.3, 0.4) is 0 Å². The fourth-order valence-corrected chi connectivity index (χ4v) is 2.96. The van der Waals surface area contributed by atoms with Gasteiger partial charge in [-0.1, -0.05) is 63.9 Å². The number of hydrogen-bond donors (Lipinski definition) is 0. The Kier molecular flexibility index (Phi) is 3.86. The molecule has 0 aliphatic carbocycles. The molecule has 1 aliphatic heterocycles. The van der Waals surface area contributed by atoms with Gasteiger partial charge in [0.15, 0.2) is 0 Å². The van der Waals surface area contributed by atoms with Gasteiger partial charge in [-0.2, -0.15) is 0 Å². The van der Waals surface area contributed by atoms with Gasteiger partial charge in [0.25, 0.3) is 0 Å². The predicted molar refractivity (Wildman–Crippen MR) is 79.4 cm³/mol. The van der Waals surface area contributed by atoms with E-state index in [4.69, 9.17) is 4.65 Å². The van der Waals surface area contributed by atoms with Crippen molar-refractivity contribution in [3.05, 3.63) is 30.3 Å². The van der Waals surface area contributed by atoms with Crippen molar-refractivity contribution in [1.29, 1.82) is 0 Å². The molecule has 0 aromatic heterocycles. The van der Waals surface area contributed by atoms with Crippen molar-refractivity contribution in [2.75, 3.05) is 0 Å². The van der Waals surface area contributed by atoms with Crippen LogP contribution in [0, 0.1) is 5.41 Å². The lowest BCUT2D eigenvalue weighted by Gasteiger charge is -2.38. The van der Waals surface area contributed by atoms with Crippen LogP contribution in [-0.4, -0.2) is 12.5 Å². The largest absolute Gasteiger partial charge is 0.425 e. The lowest BCUT2D eigenvalue weighted by Crippen LogP contribution is -2.39. The lowest BCUT2D eigenvalue weighted by atomic mass is 9.54. The maximum absolute atomic E-state index is 6.45. The van der Waals surface area contributed by atoms with Crippen LogP contribution in [0.25, 0.3) is 0 Å². The molecular formula is C16H25BO. The van der Waals surface area contributed by atoms with Crippen LogP contribution in [-0.2, 0) is 4.65 Å². The molecule has 1 saturated heterocycles. The van der Waals surface area contributed by atoms with Crippen LogP contribution in [0.5, 0.6) is 0 Å². The third-order valence-electron chi connectivity index (χ3n) is 4.71. The van der Waals surface area contributed by atoms with Gasteiger partial charge in [-0.05, 0) is 30.5 Å². The first-order valence-corrected chi connectivity index (χ1v) is 7.21. The van der Waals surface area contributed by atoms with E-state index in [0.717, 1.165) is 6.32 Å². The molecule has 1 unspecified atom stereocenters. The molecule has 1 atom stereocenters. The SMILES string of the molecule is CCCCC1(C)OB(c2ccccc2)CC1(C)C. The zero-order chi connectivity index (χ0) is 13.2. The van der Waals surface area contributed by atoms with Crippen molar-refractivity contribution < 1.29 is 4.65 Å². The summed E-state index contributed by atoms with van der Waals surface area (Å²) in [6.45, 7) is 9.52. The van der Waals surface area contributed by atoms with Gasteiger partial charge in [-0.15, -0.1) is 0 Å². The fraction of sp³-hybridized carbons (Fsp3) is 0.625. The highest BCUT2D eigenvalue weighted by atomic mass is 16.5. The van der Waals surface area contributed by atoms with Crippen molar-refractivity contribution in [2.24, 2.45) is 5.41 Å². The van der Waals surface area contributed by atoms with E-state index in [1.807, 2.05) is 0 Å². The number of hydrogen-bond acceptors (Lipinski definition) is 1. The summed E-state index contributed by atoms with van der Waals surface area (Å²) >= 11 is 0. The van der Waals surface area contributed by atoms with Gasteiger partial charge in [-0.3, -0.25) is 0 Å². The Balaban J connectivity index is 2.16. The van der Waals surface area contributed by atoms with Crippen LogP contribution in [0.15, 0.2) is 30.3 Å². The summed E-state index contributed by atoms with van der Waals surface area (Å²) in [5.41, 5.74) is 1.59. The molecule has 18 heavy (non-hydrogen) atoms. The van der Waals surface area contributed by atoms with Crippen molar-refractivity contribution in [2.45, 2.75) is 58.9 Å². The average molecular weight is 244 g/mol. The molecule has 1 aromatic carbocycles. The molecule has 1 nitrogen and oxygen atoms in total. The second-order valence-electron chi connectivity index (χ2n) is 6.44. The minimum atomic E-state index is 0.0174. The minimum Gasteiger partial charge on any atom is -0.425 e. The molecule has 1 fully saturated rings. The quantitative estimate of drug-likeness (QED) is 0.730. The Morgan fingerprint density at radius 3 is 2.44 bits per heavy atom. The van der Waals surface area contributed by atoms with Crippen LogP contribution in [0.4, 0.5) is 0 Å². The summed E-state index contributed by atoms with van der Waals surface area (Å²) in [5.74, 6) is 0. The van der Waals surface area contributed by atoms with Crippen LogP contribution in [0.1, 0.15) is 47.0 Å². The van der Waals surface area contributed by atoms with Gasteiger partial charge in [0.1, 0.15) is 0 Å². The highest BCUT2D eigenvalue weighted by Crippen LogP contribution is 2.48. The Morgan fingerprint density at radius 2 is 1.83 bits per heavy atom. The summed E-state index contributed by atoms with van der Waals surface area (Å²) in [7, 11) is 0. The lowest BCUT2D eigenvalue weighted by molar-refractivity contribution is 0.00807. The second kappa shape index (κ2) is 5.09. The standard InChI is InChI=1S/C16H25BO/c1-5-6-12-16(4)15(2,3)13-17(18-16)14-10-8-7-9-11-14/h7-11H,5-6,12-13H2,1-4H3. The summed E-state index contributed by atoms with van der Waals surface area (Å²) in [5, 5.41) is 0. The topological polar surface area (TPSA) is 9.23 Å². The molecule has 2 heteroatoms. The number of benzene rings is 1. The highest BCUT2D eigenvalue weighted by Gasteiger charge is 2.51. The van der Waals surface area contributed by atoms with Crippen molar-refractivity contribution >= 4 is 12.4 Å². The van der Waals surface area contributed by atoms with E-state index in [9.17, 15) is 0 Å². The minimum absolute atomic E-state index is 0.0174. The summed E-state index contributed by atoms with van der Waals surface area (Å²) in [6, 6.07) is 10.7. The molecule has 1 aliphatic rings. The van der Waals surface area contributed by atoms with Crippen LogP contribution >= 0.6 is 0 Å². The van der Waals surface area contributed by atoms with Crippen molar-refractivity contribution in [3.63, 3.8) is 0 Å². The van der Waals surface area contributed by atoms with E-state index in [0.29, 0.717) is 0 Å². The van der Waals surface area contributed by atoms with Gasteiger partial charge in [0.2, 0.25) is 0 Å². The number of unbranched alkanes of at least 4 members (excludes halogenated alkanes) is 1. The maximum atomic E-state index is 6.45. The van der Waals surface area contributed by atoms with E-state index >= 15 is 0 Å². The molecule has 0 spiro atoms. The first kappa shape index (κ1) is 13.7. The van der Waals surface area contributed by atoms with E-state index in [1.165, 1.54) is 24.7 Å². The summed E-state index contributed by atoms with van der Waals surface area (Å²) in [4.78, 5) is 0. The van der Waals surface area contributed by atoms with Gasteiger partial charge in [0.05, 0.1) is 5.60 Å². The van der Waals surface area contributed by atoms with E-state index in [1.54, 1.807) is 0 Å². The summed E-state index contributed by atoms with van der Waals surface area (Å²) in [6.07, 6.45) is 4.78. The Morgan fingerprint density at radius 1 is 1.17 bits per heavy atom. The monoisotopic (exact) mass is 244 g/mol. The third kappa shape index (κ3) is 2.49. The van der Waals surface area contributed by atoms with Crippen LogP contribution < -0.4 is 5.46 Å². The first-order valence-electron chi connectivity index (χ1n) is 7.21. The Bertz CT molecular complexity index is 387. The molecule has 0 radical (unpaired) electrons. The predicted octanol–water partition coefficient (Wildman–Crippen LogP) is 3.89. The highest BCUT2D eigenvalue weighted by molar-refractivity contribution is 6.68. The van der Waals surface area contributed by atoms with Crippen LogP contribution in [0.2, 0.25) is 6.32 Å². The zero-order valence-electron chi connectivity index (χ0n) is 12.2. The Hall–Kier alpha value is -0.755. The molecule has 98 valence electrons. The van der Waals surface area contributed by atoms with Crippen molar-refractivity contribution in [1.82, 2.24) is 0 Å². The molecule has 0 amide bonds. The molecule has 1 heterocycles. The van der Waals surface area contributed by atoms with E-state index in [-0.39, 0.29) is 17.9 Å².